The minimum atomic E-state index is -0.0804. The van der Waals surface area contributed by atoms with Crippen LogP contribution < -0.4 is 15.5 Å². The topological polar surface area (TPSA) is 44.4 Å². The van der Waals surface area contributed by atoms with Crippen LogP contribution in [0, 0.1) is 5.92 Å². The molecule has 0 spiro atoms. The highest BCUT2D eigenvalue weighted by atomic mass is 35.5. The van der Waals surface area contributed by atoms with Crippen molar-refractivity contribution in [3.63, 3.8) is 0 Å². The number of nitrogens with one attached hydrogen (secondary N) is 2. The van der Waals surface area contributed by atoms with Gasteiger partial charge >= 0.3 is 0 Å². The predicted octanol–water partition coefficient (Wildman–Crippen LogP) is 3.97. The Morgan fingerprint density at radius 3 is 2.52 bits per heavy atom. The highest BCUT2D eigenvalue weighted by molar-refractivity contribution is 6.31. The third-order valence-corrected chi connectivity index (χ3v) is 4.11. The molecule has 1 atom stereocenters. The van der Waals surface area contributed by atoms with Gasteiger partial charge in [-0.05, 0) is 44.5 Å². The number of rotatable bonds is 5. The Hall–Kier alpha value is -0.680. The Kier molecular flexibility index (Phi) is 10.7. The van der Waals surface area contributed by atoms with Gasteiger partial charge in [0.05, 0.1) is 11.4 Å². The molecule has 2 rings (SSSR count). The van der Waals surface area contributed by atoms with Crippen LogP contribution in [0.25, 0.3) is 0 Å². The van der Waals surface area contributed by atoms with E-state index in [1.807, 2.05) is 32.2 Å². The maximum Gasteiger partial charge on any atom is 0.228 e. The summed E-state index contributed by atoms with van der Waals surface area (Å²) in [5.74, 6) is -0.0620. The van der Waals surface area contributed by atoms with E-state index in [-0.39, 0.29) is 36.6 Å². The molecule has 1 amide bonds. The summed E-state index contributed by atoms with van der Waals surface area (Å²) in [7, 11) is 1.85. The van der Waals surface area contributed by atoms with Crippen LogP contribution in [0.5, 0.6) is 0 Å². The van der Waals surface area contributed by atoms with Gasteiger partial charge < -0.3 is 15.5 Å². The fourth-order valence-corrected chi connectivity index (χ4v) is 2.85. The van der Waals surface area contributed by atoms with Crippen LogP contribution in [0.3, 0.4) is 0 Å². The summed E-state index contributed by atoms with van der Waals surface area (Å²) in [4.78, 5) is 14.6. The zero-order valence-electron chi connectivity index (χ0n) is 13.6. The molecular formula is C16H26Cl3N3O. The summed E-state index contributed by atoms with van der Waals surface area (Å²) >= 11 is 6.10. The van der Waals surface area contributed by atoms with E-state index < -0.39 is 0 Å². The molecule has 0 radical (unpaired) electrons. The van der Waals surface area contributed by atoms with Gasteiger partial charge in [-0.3, -0.25) is 4.79 Å². The number of hydrogen-bond acceptors (Lipinski definition) is 3. The Morgan fingerprint density at radius 1 is 1.26 bits per heavy atom. The average Bonchev–Trinajstić information content (AvgIpc) is 2.48. The maximum absolute atomic E-state index is 12.2. The minimum Gasteiger partial charge on any atom is -0.370 e. The zero-order chi connectivity index (χ0) is 15.2. The quantitative estimate of drug-likeness (QED) is 0.810. The van der Waals surface area contributed by atoms with E-state index in [1.165, 1.54) is 19.3 Å². The Balaban J connectivity index is 0.00000242. The molecule has 0 bridgehead atoms. The lowest BCUT2D eigenvalue weighted by atomic mass is 10.1. The number of hydrogen-bond donors (Lipinski definition) is 2. The van der Waals surface area contributed by atoms with Crippen molar-refractivity contribution in [1.82, 2.24) is 5.32 Å². The van der Waals surface area contributed by atoms with Crippen molar-refractivity contribution < 1.29 is 4.79 Å². The zero-order valence-corrected chi connectivity index (χ0v) is 16.0. The lowest BCUT2D eigenvalue weighted by molar-refractivity contribution is -0.119. The molecule has 1 heterocycles. The van der Waals surface area contributed by atoms with Gasteiger partial charge in [-0.15, -0.1) is 24.8 Å². The van der Waals surface area contributed by atoms with E-state index in [9.17, 15) is 4.79 Å². The Labute approximate surface area is 156 Å². The minimum absolute atomic E-state index is 0. The van der Waals surface area contributed by atoms with Gasteiger partial charge in [-0.2, -0.15) is 0 Å². The molecule has 0 aliphatic carbocycles. The van der Waals surface area contributed by atoms with E-state index in [0.717, 1.165) is 24.5 Å². The second-order valence-corrected chi connectivity index (χ2v) is 6.09. The molecular weight excluding hydrogens is 357 g/mol. The Bertz CT molecular complexity index is 493. The SMILES string of the molecule is CNCC(C)C(=O)Nc1cc(Cl)ccc1N1CCCCC1.Cl.Cl. The first-order valence-electron chi connectivity index (χ1n) is 7.62. The van der Waals surface area contributed by atoms with Crippen LogP contribution in [0.4, 0.5) is 11.4 Å². The third kappa shape index (κ3) is 6.38. The van der Waals surface area contributed by atoms with Crippen molar-refractivity contribution in [2.45, 2.75) is 26.2 Å². The second-order valence-electron chi connectivity index (χ2n) is 5.66. The largest absolute Gasteiger partial charge is 0.370 e. The number of halogens is 3. The number of nitrogens with zero attached hydrogens (tertiary/aromatic N) is 1. The van der Waals surface area contributed by atoms with Crippen molar-refractivity contribution in [2.24, 2.45) is 5.92 Å². The van der Waals surface area contributed by atoms with E-state index in [1.54, 1.807) is 0 Å². The number of carbonyl (C=O) groups excluding carboxylic acids is 1. The van der Waals surface area contributed by atoms with Gasteiger partial charge in [0.15, 0.2) is 0 Å². The molecule has 1 fully saturated rings. The highest BCUT2D eigenvalue weighted by Gasteiger charge is 2.18. The van der Waals surface area contributed by atoms with Gasteiger partial charge in [-0.25, -0.2) is 0 Å². The lowest BCUT2D eigenvalue weighted by Gasteiger charge is -2.31. The fraction of sp³-hybridized carbons (Fsp3) is 0.562. The monoisotopic (exact) mass is 381 g/mol. The van der Waals surface area contributed by atoms with Gasteiger partial charge in [0.2, 0.25) is 5.91 Å². The molecule has 1 aliphatic rings. The highest BCUT2D eigenvalue weighted by Crippen LogP contribution is 2.31. The van der Waals surface area contributed by atoms with Crippen molar-refractivity contribution in [2.75, 3.05) is 36.9 Å². The molecule has 2 N–H and O–H groups in total. The van der Waals surface area contributed by atoms with Gasteiger partial charge in [-0.1, -0.05) is 18.5 Å². The molecule has 4 nitrogen and oxygen atoms in total. The van der Waals surface area contributed by atoms with E-state index in [2.05, 4.69) is 15.5 Å². The van der Waals surface area contributed by atoms with E-state index in [4.69, 9.17) is 11.6 Å². The summed E-state index contributed by atoms with van der Waals surface area (Å²) in [6.45, 7) is 4.65. The number of benzene rings is 1. The Morgan fingerprint density at radius 2 is 1.91 bits per heavy atom. The van der Waals surface area contributed by atoms with Gasteiger partial charge in [0.25, 0.3) is 0 Å². The number of carbonyl (C=O) groups is 1. The first kappa shape index (κ1) is 22.3. The molecule has 1 saturated heterocycles. The van der Waals surface area contributed by atoms with Gasteiger partial charge in [0.1, 0.15) is 0 Å². The van der Waals surface area contributed by atoms with E-state index in [0.29, 0.717) is 11.6 Å². The maximum atomic E-state index is 12.2. The van der Waals surface area contributed by atoms with Crippen LogP contribution in [0.1, 0.15) is 26.2 Å². The standard InChI is InChI=1S/C16H24ClN3O.2ClH/c1-12(11-18-2)16(21)19-14-10-13(17)6-7-15(14)20-8-4-3-5-9-20;;/h6-7,10,12,18H,3-5,8-9,11H2,1-2H3,(H,19,21);2*1H. The van der Waals surface area contributed by atoms with E-state index >= 15 is 0 Å². The van der Waals surface area contributed by atoms with Crippen LogP contribution in [0.15, 0.2) is 18.2 Å². The van der Waals surface area contributed by atoms with Crippen LogP contribution in [-0.4, -0.2) is 32.6 Å². The molecule has 7 heteroatoms. The smallest absolute Gasteiger partial charge is 0.228 e. The van der Waals surface area contributed by atoms with Crippen LogP contribution in [-0.2, 0) is 4.79 Å². The lowest BCUT2D eigenvalue weighted by Crippen LogP contribution is -2.32. The van der Waals surface area contributed by atoms with Gasteiger partial charge in [0, 0.05) is 30.6 Å². The molecule has 1 aromatic rings. The summed E-state index contributed by atoms with van der Waals surface area (Å²) < 4.78 is 0. The number of piperidine rings is 1. The fourth-order valence-electron chi connectivity index (χ4n) is 2.67. The summed E-state index contributed by atoms with van der Waals surface area (Å²) in [6.07, 6.45) is 3.68. The van der Waals surface area contributed by atoms with Crippen molar-refractivity contribution in [3.05, 3.63) is 23.2 Å². The average molecular weight is 383 g/mol. The molecule has 1 unspecified atom stereocenters. The first-order chi connectivity index (χ1) is 10.1. The number of anilines is 2. The summed E-state index contributed by atoms with van der Waals surface area (Å²) in [6, 6.07) is 5.74. The predicted molar refractivity (Wildman–Crippen MR) is 104 cm³/mol. The summed E-state index contributed by atoms with van der Waals surface area (Å²) in [5, 5.41) is 6.70. The normalized spacial score (nSPS) is 15.2. The first-order valence-corrected chi connectivity index (χ1v) is 7.99. The van der Waals surface area contributed by atoms with Crippen molar-refractivity contribution in [3.8, 4) is 0 Å². The van der Waals surface area contributed by atoms with Crippen molar-refractivity contribution >= 4 is 53.7 Å². The second kappa shape index (κ2) is 11.0. The van der Waals surface area contributed by atoms with Crippen LogP contribution >= 0.6 is 36.4 Å². The molecule has 23 heavy (non-hydrogen) atoms. The summed E-state index contributed by atoms with van der Waals surface area (Å²) in [5.41, 5.74) is 1.89. The third-order valence-electron chi connectivity index (χ3n) is 3.87. The van der Waals surface area contributed by atoms with Crippen LogP contribution in [0.2, 0.25) is 5.02 Å². The molecule has 0 saturated carbocycles. The molecule has 0 aromatic heterocycles. The number of amides is 1. The molecule has 1 aromatic carbocycles. The van der Waals surface area contributed by atoms with Crippen molar-refractivity contribution in [1.29, 1.82) is 0 Å². The molecule has 1 aliphatic heterocycles. The molecule has 132 valence electrons.